The van der Waals surface area contributed by atoms with Crippen LogP contribution in [0.15, 0.2) is 29.2 Å². The molecule has 0 unspecified atom stereocenters. The standard InChI is InChI=1S/C13H21NS/c1-3-9-14(10-4-2)11-12-5-7-13(15)8-6-12/h5-8,15H,3-4,9-11H2,1-2H3. The molecule has 0 radical (unpaired) electrons. The van der Waals surface area contributed by atoms with Crippen molar-refractivity contribution in [2.24, 2.45) is 0 Å². The number of hydrogen-bond donors (Lipinski definition) is 1. The van der Waals surface area contributed by atoms with Crippen molar-refractivity contribution in [1.29, 1.82) is 0 Å². The van der Waals surface area contributed by atoms with E-state index in [1.807, 2.05) is 0 Å². The molecule has 0 aromatic heterocycles. The Morgan fingerprint density at radius 2 is 1.53 bits per heavy atom. The Balaban J connectivity index is 2.53. The van der Waals surface area contributed by atoms with Crippen LogP contribution < -0.4 is 0 Å². The van der Waals surface area contributed by atoms with Crippen molar-refractivity contribution in [3.8, 4) is 0 Å². The van der Waals surface area contributed by atoms with E-state index in [0.717, 1.165) is 11.4 Å². The fourth-order valence-electron chi connectivity index (χ4n) is 1.76. The zero-order valence-corrected chi connectivity index (χ0v) is 10.6. The van der Waals surface area contributed by atoms with E-state index >= 15 is 0 Å². The van der Waals surface area contributed by atoms with Crippen molar-refractivity contribution in [2.75, 3.05) is 13.1 Å². The van der Waals surface area contributed by atoms with Gasteiger partial charge in [-0.3, -0.25) is 4.90 Å². The molecule has 0 fully saturated rings. The zero-order chi connectivity index (χ0) is 11.1. The van der Waals surface area contributed by atoms with Crippen molar-refractivity contribution in [3.63, 3.8) is 0 Å². The first kappa shape index (κ1) is 12.6. The molecule has 2 heteroatoms. The minimum Gasteiger partial charge on any atom is -0.299 e. The van der Waals surface area contributed by atoms with Crippen LogP contribution >= 0.6 is 12.6 Å². The average Bonchev–Trinajstić information content (AvgIpc) is 2.22. The van der Waals surface area contributed by atoms with Gasteiger partial charge in [0.05, 0.1) is 0 Å². The third-order valence-corrected chi connectivity index (χ3v) is 2.72. The molecule has 0 aliphatic rings. The summed E-state index contributed by atoms with van der Waals surface area (Å²) in [6.07, 6.45) is 2.45. The van der Waals surface area contributed by atoms with Gasteiger partial charge in [-0.15, -0.1) is 12.6 Å². The van der Waals surface area contributed by atoms with Gasteiger partial charge in [-0.05, 0) is 43.6 Å². The highest BCUT2D eigenvalue weighted by atomic mass is 32.1. The van der Waals surface area contributed by atoms with E-state index in [0.29, 0.717) is 0 Å². The Hall–Kier alpha value is -0.470. The summed E-state index contributed by atoms with van der Waals surface area (Å²) in [6.45, 7) is 7.92. The minimum atomic E-state index is 1.04. The van der Waals surface area contributed by atoms with Gasteiger partial charge < -0.3 is 0 Å². The second-order valence-electron chi connectivity index (χ2n) is 3.94. The van der Waals surface area contributed by atoms with Gasteiger partial charge >= 0.3 is 0 Å². The molecule has 0 N–H and O–H groups in total. The van der Waals surface area contributed by atoms with Crippen molar-refractivity contribution in [1.82, 2.24) is 4.90 Å². The quantitative estimate of drug-likeness (QED) is 0.721. The van der Waals surface area contributed by atoms with Crippen LogP contribution in [-0.4, -0.2) is 18.0 Å². The van der Waals surface area contributed by atoms with Gasteiger partial charge in [0.25, 0.3) is 0 Å². The van der Waals surface area contributed by atoms with Crippen LogP contribution in [0, 0.1) is 0 Å². The maximum absolute atomic E-state index is 4.29. The van der Waals surface area contributed by atoms with Gasteiger partial charge in [-0.2, -0.15) is 0 Å². The summed E-state index contributed by atoms with van der Waals surface area (Å²) >= 11 is 4.29. The van der Waals surface area contributed by atoms with E-state index in [1.165, 1.54) is 31.5 Å². The molecular formula is C13H21NS. The van der Waals surface area contributed by atoms with Crippen LogP contribution in [0.5, 0.6) is 0 Å². The van der Waals surface area contributed by atoms with E-state index in [4.69, 9.17) is 0 Å². The number of benzene rings is 1. The number of hydrogen-bond acceptors (Lipinski definition) is 2. The Bertz CT molecular complexity index is 262. The smallest absolute Gasteiger partial charge is 0.0233 e. The lowest BCUT2D eigenvalue weighted by Gasteiger charge is -2.20. The molecule has 0 saturated heterocycles. The molecule has 1 aromatic rings. The van der Waals surface area contributed by atoms with Crippen LogP contribution in [0.3, 0.4) is 0 Å². The van der Waals surface area contributed by atoms with Crippen LogP contribution in [-0.2, 0) is 6.54 Å². The Kier molecular flexibility index (Phi) is 5.81. The Morgan fingerprint density at radius 3 is 2.00 bits per heavy atom. The van der Waals surface area contributed by atoms with E-state index in [-0.39, 0.29) is 0 Å². The predicted molar refractivity (Wildman–Crippen MR) is 69.6 cm³/mol. The summed E-state index contributed by atoms with van der Waals surface area (Å²) in [5, 5.41) is 0. The lowest BCUT2D eigenvalue weighted by molar-refractivity contribution is 0.266. The maximum atomic E-state index is 4.29. The molecule has 0 heterocycles. The van der Waals surface area contributed by atoms with Crippen LogP contribution in [0.2, 0.25) is 0 Å². The summed E-state index contributed by atoms with van der Waals surface area (Å²) in [5.41, 5.74) is 1.38. The predicted octanol–water partition coefficient (Wildman–Crippen LogP) is 3.60. The minimum absolute atomic E-state index is 1.04. The van der Waals surface area contributed by atoms with Gasteiger partial charge in [0.15, 0.2) is 0 Å². The lowest BCUT2D eigenvalue weighted by atomic mass is 10.2. The summed E-state index contributed by atoms with van der Waals surface area (Å²) in [4.78, 5) is 3.55. The second kappa shape index (κ2) is 6.91. The zero-order valence-electron chi connectivity index (χ0n) is 9.74. The average molecular weight is 223 g/mol. The van der Waals surface area contributed by atoms with Gasteiger partial charge in [0, 0.05) is 11.4 Å². The maximum Gasteiger partial charge on any atom is 0.0233 e. The van der Waals surface area contributed by atoms with Crippen molar-refractivity contribution in [2.45, 2.75) is 38.1 Å². The second-order valence-corrected chi connectivity index (χ2v) is 4.46. The molecule has 0 atom stereocenters. The summed E-state index contributed by atoms with van der Waals surface area (Å²) in [7, 11) is 0. The molecule has 0 spiro atoms. The van der Waals surface area contributed by atoms with E-state index < -0.39 is 0 Å². The first-order valence-electron chi connectivity index (χ1n) is 5.76. The first-order chi connectivity index (χ1) is 7.26. The number of rotatable bonds is 6. The highest BCUT2D eigenvalue weighted by Crippen LogP contribution is 2.10. The molecule has 0 amide bonds. The molecule has 0 bridgehead atoms. The van der Waals surface area contributed by atoms with Crippen molar-refractivity contribution in [3.05, 3.63) is 29.8 Å². The van der Waals surface area contributed by atoms with Crippen LogP contribution in [0.4, 0.5) is 0 Å². The first-order valence-corrected chi connectivity index (χ1v) is 6.21. The molecule has 0 aliphatic carbocycles. The number of thiol groups is 1. The monoisotopic (exact) mass is 223 g/mol. The highest BCUT2D eigenvalue weighted by molar-refractivity contribution is 7.80. The molecule has 0 saturated carbocycles. The molecule has 15 heavy (non-hydrogen) atoms. The Morgan fingerprint density at radius 1 is 1.00 bits per heavy atom. The summed E-state index contributed by atoms with van der Waals surface area (Å²) in [5.74, 6) is 0. The van der Waals surface area contributed by atoms with Crippen molar-refractivity contribution >= 4 is 12.6 Å². The lowest BCUT2D eigenvalue weighted by Crippen LogP contribution is -2.24. The normalized spacial score (nSPS) is 10.9. The van der Waals surface area contributed by atoms with Crippen LogP contribution in [0.25, 0.3) is 0 Å². The third-order valence-electron chi connectivity index (χ3n) is 2.42. The molecular weight excluding hydrogens is 202 g/mol. The fourth-order valence-corrected chi connectivity index (χ4v) is 1.91. The fraction of sp³-hybridized carbons (Fsp3) is 0.538. The van der Waals surface area contributed by atoms with E-state index in [1.54, 1.807) is 0 Å². The largest absolute Gasteiger partial charge is 0.299 e. The van der Waals surface area contributed by atoms with Gasteiger partial charge in [-0.1, -0.05) is 26.0 Å². The molecule has 1 aromatic carbocycles. The summed E-state index contributed by atoms with van der Waals surface area (Å²) in [6, 6.07) is 8.46. The molecule has 1 rings (SSSR count). The van der Waals surface area contributed by atoms with Crippen LogP contribution in [0.1, 0.15) is 32.3 Å². The van der Waals surface area contributed by atoms with Gasteiger partial charge in [0.1, 0.15) is 0 Å². The van der Waals surface area contributed by atoms with Gasteiger partial charge in [0.2, 0.25) is 0 Å². The third kappa shape index (κ3) is 4.72. The SMILES string of the molecule is CCCN(CCC)Cc1ccc(S)cc1. The highest BCUT2D eigenvalue weighted by Gasteiger charge is 2.03. The van der Waals surface area contributed by atoms with Crippen molar-refractivity contribution < 1.29 is 0 Å². The summed E-state index contributed by atoms with van der Waals surface area (Å²) < 4.78 is 0. The topological polar surface area (TPSA) is 3.24 Å². The van der Waals surface area contributed by atoms with Gasteiger partial charge in [-0.25, -0.2) is 0 Å². The van der Waals surface area contributed by atoms with E-state index in [9.17, 15) is 0 Å². The number of nitrogens with zero attached hydrogens (tertiary/aromatic N) is 1. The Labute approximate surface area is 98.9 Å². The van der Waals surface area contributed by atoms with E-state index in [2.05, 4.69) is 55.6 Å². The molecule has 1 nitrogen and oxygen atoms in total. The molecule has 84 valence electrons. The molecule has 0 aliphatic heterocycles.